The molecule has 10 heteroatoms. The highest BCUT2D eigenvalue weighted by Gasteiger charge is 2.17. The molecule has 0 bridgehead atoms. The van der Waals surface area contributed by atoms with Gasteiger partial charge >= 0.3 is 0 Å². The van der Waals surface area contributed by atoms with Crippen LogP contribution in [0.5, 0.6) is 0 Å². The number of methoxy groups -OCH3 is 1. The van der Waals surface area contributed by atoms with Crippen LogP contribution in [0.3, 0.4) is 0 Å². The molecule has 0 aliphatic heterocycles. The largest absolute Gasteiger partial charge is 0.383 e. The third-order valence-electron chi connectivity index (χ3n) is 3.65. The van der Waals surface area contributed by atoms with Gasteiger partial charge in [0.05, 0.1) is 23.8 Å². The summed E-state index contributed by atoms with van der Waals surface area (Å²) in [5.41, 5.74) is 1.13. The number of nitrogens with one attached hydrogen (secondary N) is 2. The fourth-order valence-corrected chi connectivity index (χ4v) is 3.11. The zero-order chi connectivity index (χ0) is 18.5. The standard InChI is InChI=1S/C16H17N5O4S/c1-25-6-4-17-13-3-2-11(8-14(13)21(23)24)15(22)18-9-12-10-20-5-7-26-16(20)19-12/h2-3,5,7-8,10,17H,4,6,9H2,1H3,(H,18,22). The van der Waals surface area contributed by atoms with Crippen LogP contribution in [0.25, 0.3) is 4.96 Å². The smallest absolute Gasteiger partial charge is 0.293 e. The fraction of sp³-hybridized carbons (Fsp3) is 0.250. The lowest BCUT2D eigenvalue weighted by Gasteiger charge is -2.08. The average molecular weight is 375 g/mol. The lowest BCUT2D eigenvalue weighted by atomic mass is 10.1. The lowest BCUT2D eigenvalue weighted by Crippen LogP contribution is -2.23. The van der Waals surface area contributed by atoms with Gasteiger partial charge in [-0.25, -0.2) is 4.98 Å². The van der Waals surface area contributed by atoms with E-state index >= 15 is 0 Å². The topological polar surface area (TPSA) is 111 Å². The van der Waals surface area contributed by atoms with Gasteiger partial charge in [-0.05, 0) is 12.1 Å². The number of amides is 1. The number of anilines is 1. The quantitative estimate of drug-likeness (QED) is 0.355. The zero-order valence-electron chi connectivity index (χ0n) is 14.0. The number of imidazole rings is 1. The second-order valence-corrected chi connectivity index (χ2v) is 6.29. The Balaban J connectivity index is 1.68. The average Bonchev–Trinajstić information content (AvgIpc) is 3.21. The zero-order valence-corrected chi connectivity index (χ0v) is 14.8. The van der Waals surface area contributed by atoms with E-state index in [4.69, 9.17) is 4.74 Å². The van der Waals surface area contributed by atoms with Crippen LogP contribution in [0, 0.1) is 10.1 Å². The van der Waals surface area contributed by atoms with Crippen LogP contribution in [0.15, 0.2) is 36.0 Å². The summed E-state index contributed by atoms with van der Waals surface area (Å²) < 4.78 is 6.78. The molecule has 1 aromatic carbocycles. The predicted octanol–water partition coefficient (Wildman–Crippen LogP) is 2.29. The molecule has 2 heterocycles. The highest BCUT2D eigenvalue weighted by Crippen LogP contribution is 2.25. The minimum absolute atomic E-state index is 0.156. The summed E-state index contributed by atoms with van der Waals surface area (Å²) in [6, 6.07) is 4.33. The van der Waals surface area contributed by atoms with Gasteiger partial charge in [0.15, 0.2) is 4.96 Å². The van der Waals surface area contributed by atoms with Crippen molar-refractivity contribution in [3.8, 4) is 0 Å². The van der Waals surface area contributed by atoms with Gasteiger partial charge in [-0.3, -0.25) is 19.3 Å². The molecule has 3 aromatic rings. The minimum Gasteiger partial charge on any atom is -0.383 e. The van der Waals surface area contributed by atoms with Gasteiger partial charge in [0.2, 0.25) is 0 Å². The third kappa shape index (κ3) is 3.98. The molecule has 0 fully saturated rings. The van der Waals surface area contributed by atoms with Crippen molar-refractivity contribution < 1.29 is 14.5 Å². The van der Waals surface area contributed by atoms with E-state index in [2.05, 4.69) is 15.6 Å². The number of ether oxygens (including phenoxy) is 1. The summed E-state index contributed by atoms with van der Waals surface area (Å²) in [4.78, 5) is 28.3. The van der Waals surface area contributed by atoms with E-state index in [1.54, 1.807) is 13.2 Å². The molecule has 0 saturated carbocycles. The Labute approximate surface area is 152 Å². The van der Waals surface area contributed by atoms with Crippen LogP contribution in [-0.2, 0) is 11.3 Å². The molecule has 0 unspecified atom stereocenters. The van der Waals surface area contributed by atoms with Crippen molar-refractivity contribution in [2.75, 3.05) is 25.6 Å². The molecule has 0 aliphatic carbocycles. The molecule has 1 amide bonds. The molecule has 136 valence electrons. The van der Waals surface area contributed by atoms with E-state index in [1.807, 2.05) is 22.2 Å². The Hall–Kier alpha value is -2.98. The second kappa shape index (κ2) is 7.93. The number of nitro benzene ring substituents is 1. The normalized spacial score (nSPS) is 10.8. The molecule has 0 spiro atoms. The van der Waals surface area contributed by atoms with Gasteiger partial charge in [0.1, 0.15) is 5.69 Å². The van der Waals surface area contributed by atoms with Gasteiger partial charge in [-0.2, -0.15) is 0 Å². The number of fused-ring (bicyclic) bond motifs is 1. The highest BCUT2D eigenvalue weighted by atomic mass is 32.1. The Kier molecular flexibility index (Phi) is 5.44. The van der Waals surface area contributed by atoms with Crippen LogP contribution in [-0.4, -0.2) is 40.5 Å². The molecule has 9 nitrogen and oxygen atoms in total. The minimum atomic E-state index is -0.518. The summed E-state index contributed by atoms with van der Waals surface area (Å²) in [7, 11) is 1.55. The first kappa shape index (κ1) is 17.8. The van der Waals surface area contributed by atoms with Crippen molar-refractivity contribution in [2.45, 2.75) is 6.54 Å². The van der Waals surface area contributed by atoms with Crippen LogP contribution in [0.4, 0.5) is 11.4 Å². The van der Waals surface area contributed by atoms with Gasteiger partial charge in [0.25, 0.3) is 11.6 Å². The number of thiazole rings is 1. The predicted molar refractivity (Wildman–Crippen MR) is 97.7 cm³/mol. The molecule has 0 aliphatic rings. The molecule has 0 radical (unpaired) electrons. The third-order valence-corrected chi connectivity index (χ3v) is 4.42. The number of carbonyl (C=O) groups excluding carboxylic acids is 1. The van der Waals surface area contributed by atoms with Crippen molar-refractivity contribution in [1.29, 1.82) is 0 Å². The maximum atomic E-state index is 12.3. The van der Waals surface area contributed by atoms with Crippen LogP contribution in [0.2, 0.25) is 0 Å². The summed E-state index contributed by atoms with van der Waals surface area (Å²) >= 11 is 1.50. The van der Waals surface area contributed by atoms with Crippen LogP contribution in [0.1, 0.15) is 16.1 Å². The second-order valence-electron chi connectivity index (χ2n) is 5.42. The van der Waals surface area contributed by atoms with Crippen LogP contribution >= 0.6 is 11.3 Å². The first-order chi connectivity index (χ1) is 12.6. The maximum Gasteiger partial charge on any atom is 0.293 e. The summed E-state index contributed by atoms with van der Waals surface area (Å²) in [5.74, 6) is -0.395. The molecule has 2 aromatic heterocycles. The van der Waals surface area contributed by atoms with Crippen molar-refractivity contribution in [3.05, 3.63) is 57.3 Å². The summed E-state index contributed by atoms with van der Waals surface area (Å²) in [5, 5.41) is 18.8. The van der Waals surface area contributed by atoms with Crippen molar-refractivity contribution in [1.82, 2.24) is 14.7 Å². The van der Waals surface area contributed by atoms with Crippen LogP contribution < -0.4 is 10.6 Å². The molecule has 0 saturated heterocycles. The molecular formula is C16H17N5O4S. The number of hydrogen-bond donors (Lipinski definition) is 2. The van der Waals surface area contributed by atoms with Crippen molar-refractivity contribution >= 4 is 33.6 Å². The number of rotatable bonds is 8. The van der Waals surface area contributed by atoms with E-state index in [0.29, 0.717) is 18.8 Å². The summed E-state index contributed by atoms with van der Waals surface area (Å²) in [6.07, 6.45) is 3.72. The fourth-order valence-electron chi connectivity index (χ4n) is 2.40. The monoisotopic (exact) mass is 375 g/mol. The highest BCUT2D eigenvalue weighted by molar-refractivity contribution is 7.15. The van der Waals surface area contributed by atoms with E-state index in [9.17, 15) is 14.9 Å². The van der Waals surface area contributed by atoms with E-state index in [0.717, 1.165) is 10.7 Å². The Morgan fingerprint density at radius 1 is 1.46 bits per heavy atom. The van der Waals surface area contributed by atoms with Gasteiger partial charge < -0.3 is 15.4 Å². The molecule has 2 N–H and O–H groups in total. The Morgan fingerprint density at radius 3 is 3.04 bits per heavy atom. The number of carbonyl (C=O) groups is 1. The molecule has 0 atom stereocenters. The van der Waals surface area contributed by atoms with Gasteiger partial charge in [-0.15, -0.1) is 11.3 Å². The van der Waals surface area contributed by atoms with Gasteiger partial charge in [-0.1, -0.05) is 0 Å². The van der Waals surface area contributed by atoms with E-state index in [-0.39, 0.29) is 17.8 Å². The number of benzene rings is 1. The summed E-state index contributed by atoms with van der Waals surface area (Å²) in [6.45, 7) is 1.09. The molecule has 26 heavy (non-hydrogen) atoms. The Morgan fingerprint density at radius 2 is 2.31 bits per heavy atom. The SMILES string of the molecule is COCCNc1ccc(C(=O)NCc2cn3ccsc3n2)cc1[N+](=O)[O-]. The first-order valence-corrected chi connectivity index (χ1v) is 8.67. The van der Waals surface area contributed by atoms with Crippen molar-refractivity contribution in [2.24, 2.45) is 0 Å². The van der Waals surface area contributed by atoms with Crippen molar-refractivity contribution in [3.63, 3.8) is 0 Å². The van der Waals surface area contributed by atoms with E-state index in [1.165, 1.54) is 23.5 Å². The number of nitrogens with zero attached hydrogens (tertiary/aromatic N) is 3. The van der Waals surface area contributed by atoms with E-state index < -0.39 is 10.8 Å². The number of aromatic nitrogens is 2. The first-order valence-electron chi connectivity index (χ1n) is 7.79. The number of nitro groups is 1. The number of hydrogen-bond acceptors (Lipinski definition) is 7. The molecule has 3 rings (SSSR count). The maximum absolute atomic E-state index is 12.3. The molecular weight excluding hydrogens is 358 g/mol. The Bertz CT molecular complexity index is 907. The lowest BCUT2D eigenvalue weighted by molar-refractivity contribution is -0.384. The van der Waals surface area contributed by atoms with Gasteiger partial charge in [0, 0.05) is 43.1 Å².